The molecule has 0 saturated carbocycles. The molecule has 5 nitrogen and oxygen atoms in total. The second-order valence-electron chi connectivity index (χ2n) is 4.55. The molecule has 0 unspecified atom stereocenters. The molecule has 0 amide bonds. The Kier molecular flexibility index (Phi) is 9.26. The van der Waals surface area contributed by atoms with Gasteiger partial charge in [0.15, 0.2) is 0 Å². The van der Waals surface area contributed by atoms with Gasteiger partial charge in [-0.1, -0.05) is 0 Å². The minimum Gasteiger partial charge on any atom is -0.481 e. The number of rotatable bonds is 11. The van der Waals surface area contributed by atoms with Crippen LogP contribution in [0.3, 0.4) is 0 Å². The average Bonchev–Trinajstić information content (AvgIpc) is 2.27. The molecule has 0 rings (SSSR count). The summed E-state index contributed by atoms with van der Waals surface area (Å²) < 4.78 is 11.5. The zero-order valence-electron chi connectivity index (χ0n) is 12.1. The van der Waals surface area contributed by atoms with E-state index in [1.165, 1.54) is 0 Å². The van der Waals surface area contributed by atoms with Gasteiger partial charge in [0.05, 0.1) is 6.42 Å². The molecule has 0 aromatic rings. The first-order chi connectivity index (χ1) is 8.43. The Morgan fingerprint density at radius 3 is 2.22 bits per heavy atom. The van der Waals surface area contributed by atoms with Crippen LogP contribution < -0.4 is 0 Å². The zero-order chi connectivity index (χ0) is 14.0. The number of carboxylic acid groups (broad SMARTS) is 1. The van der Waals surface area contributed by atoms with Gasteiger partial charge in [-0.3, -0.25) is 4.79 Å². The van der Waals surface area contributed by atoms with Crippen LogP contribution in [0, 0.1) is 0 Å². The van der Waals surface area contributed by atoms with E-state index >= 15 is 0 Å². The Morgan fingerprint density at radius 1 is 1.22 bits per heavy atom. The third-order valence-electron chi connectivity index (χ3n) is 2.78. The van der Waals surface area contributed by atoms with Crippen molar-refractivity contribution < 1.29 is 18.8 Å². The van der Waals surface area contributed by atoms with Crippen LogP contribution in [0.1, 0.15) is 26.7 Å². The van der Waals surface area contributed by atoms with Crippen molar-refractivity contribution in [1.29, 1.82) is 0 Å². The molecule has 0 aliphatic rings. The molecule has 0 aromatic carbocycles. The number of carbonyl (C=O) groups is 1. The van der Waals surface area contributed by atoms with Gasteiger partial charge in [-0.2, -0.15) is 0 Å². The summed E-state index contributed by atoms with van der Waals surface area (Å²) in [4.78, 5) is 12.5. The number of hydrogen-bond donors (Lipinski definition) is 1. The number of aliphatic carboxylic acids is 1. The second kappa shape index (κ2) is 9.49. The van der Waals surface area contributed by atoms with Crippen molar-refractivity contribution in [3.8, 4) is 0 Å². The Balaban J connectivity index is 3.87. The fraction of sp³-hybridized carbons (Fsp3) is 0.917. The summed E-state index contributed by atoms with van der Waals surface area (Å²) in [6.07, 6.45) is 1.18. The molecule has 1 N–H and O–H groups in total. The maximum absolute atomic E-state index is 10.4. The van der Waals surface area contributed by atoms with Gasteiger partial charge < -0.3 is 18.9 Å². The van der Waals surface area contributed by atoms with Crippen LogP contribution in [0.25, 0.3) is 0 Å². The molecule has 0 bridgehead atoms. The SMILES string of the molecule is CCO[Si](C)(CCCN(C)CCC(=O)O)OCC. The highest BCUT2D eigenvalue weighted by molar-refractivity contribution is 6.66. The Morgan fingerprint density at radius 2 is 1.78 bits per heavy atom. The highest BCUT2D eigenvalue weighted by Gasteiger charge is 2.29. The van der Waals surface area contributed by atoms with Gasteiger partial charge in [-0.15, -0.1) is 0 Å². The average molecular weight is 277 g/mol. The molecule has 0 saturated heterocycles. The molecule has 0 spiro atoms. The lowest BCUT2D eigenvalue weighted by atomic mass is 10.3. The summed E-state index contributed by atoms with van der Waals surface area (Å²) in [5.41, 5.74) is 0. The molecule has 0 aliphatic carbocycles. The van der Waals surface area contributed by atoms with Gasteiger partial charge in [0.25, 0.3) is 0 Å². The number of hydrogen-bond acceptors (Lipinski definition) is 4. The topological polar surface area (TPSA) is 59.0 Å². The summed E-state index contributed by atoms with van der Waals surface area (Å²) in [5, 5.41) is 8.60. The summed E-state index contributed by atoms with van der Waals surface area (Å²) in [6.45, 7) is 8.94. The molecule has 108 valence electrons. The zero-order valence-corrected chi connectivity index (χ0v) is 13.1. The lowest BCUT2D eigenvalue weighted by Crippen LogP contribution is -2.39. The summed E-state index contributed by atoms with van der Waals surface area (Å²) in [6, 6.07) is 0.950. The molecule has 0 radical (unpaired) electrons. The lowest BCUT2D eigenvalue weighted by Gasteiger charge is -2.26. The van der Waals surface area contributed by atoms with Crippen molar-refractivity contribution in [3.63, 3.8) is 0 Å². The lowest BCUT2D eigenvalue weighted by molar-refractivity contribution is -0.137. The fourth-order valence-corrected chi connectivity index (χ4v) is 4.26. The van der Waals surface area contributed by atoms with Crippen LogP contribution in [0.4, 0.5) is 0 Å². The van der Waals surface area contributed by atoms with Gasteiger partial charge in [-0.25, -0.2) is 0 Å². The van der Waals surface area contributed by atoms with Crippen molar-refractivity contribution >= 4 is 14.5 Å². The summed E-state index contributed by atoms with van der Waals surface area (Å²) >= 11 is 0. The van der Waals surface area contributed by atoms with E-state index in [1.807, 2.05) is 25.8 Å². The second-order valence-corrected chi connectivity index (χ2v) is 7.90. The van der Waals surface area contributed by atoms with Crippen molar-refractivity contribution in [2.75, 3.05) is 33.4 Å². The van der Waals surface area contributed by atoms with Crippen LogP contribution in [0.2, 0.25) is 12.6 Å². The van der Waals surface area contributed by atoms with E-state index in [0.717, 1.165) is 19.0 Å². The van der Waals surface area contributed by atoms with E-state index in [9.17, 15) is 4.79 Å². The van der Waals surface area contributed by atoms with Gasteiger partial charge in [0, 0.05) is 19.8 Å². The third kappa shape index (κ3) is 8.63. The molecule has 0 aromatic heterocycles. The smallest absolute Gasteiger partial charge is 0.334 e. The van der Waals surface area contributed by atoms with E-state index in [-0.39, 0.29) is 6.42 Å². The molecule has 18 heavy (non-hydrogen) atoms. The summed E-state index contributed by atoms with van der Waals surface area (Å²) in [7, 11) is -0.0564. The van der Waals surface area contributed by atoms with Gasteiger partial charge in [0.1, 0.15) is 0 Å². The van der Waals surface area contributed by atoms with Crippen molar-refractivity contribution in [3.05, 3.63) is 0 Å². The molecular formula is C12H27NO4Si. The van der Waals surface area contributed by atoms with E-state index in [4.69, 9.17) is 14.0 Å². The molecule has 0 fully saturated rings. The summed E-state index contributed by atoms with van der Waals surface area (Å²) in [5.74, 6) is -0.746. The predicted molar refractivity (Wildman–Crippen MR) is 74.0 cm³/mol. The normalized spacial score (nSPS) is 12.1. The Hall–Kier alpha value is -0.433. The van der Waals surface area contributed by atoms with E-state index in [0.29, 0.717) is 19.8 Å². The Bertz CT molecular complexity index is 232. The van der Waals surface area contributed by atoms with Crippen LogP contribution >= 0.6 is 0 Å². The van der Waals surface area contributed by atoms with Crippen LogP contribution in [0.15, 0.2) is 0 Å². The highest BCUT2D eigenvalue weighted by Crippen LogP contribution is 2.16. The van der Waals surface area contributed by atoms with Crippen molar-refractivity contribution in [1.82, 2.24) is 4.90 Å². The van der Waals surface area contributed by atoms with Gasteiger partial charge in [0.2, 0.25) is 0 Å². The minimum absolute atomic E-state index is 0.197. The largest absolute Gasteiger partial charge is 0.481 e. The van der Waals surface area contributed by atoms with Crippen LogP contribution in [0.5, 0.6) is 0 Å². The first-order valence-corrected chi connectivity index (χ1v) is 9.14. The van der Waals surface area contributed by atoms with Gasteiger partial charge in [-0.05, 0) is 46.5 Å². The molecule has 0 atom stereocenters. The highest BCUT2D eigenvalue weighted by atomic mass is 28.4. The predicted octanol–water partition coefficient (Wildman–Crippen LogP) is 1.93. The maximum atomic E-state index is 10.4. The molecule has 0 heterocycles. The van der Waals surface area contributed by atoms with E-state index < -0.39 is 14.5 Å². The maximum Gasteiger partial charge on any atom is 0.334 e. The standard InChI is InChI=1S/C12H27NO4Si/c1-5-16-18(4,17-6-2)11-7-9-13(3)10-8-12(14)15/h5-11H2,1-4H3,(H,14,15). The number of carboxylic acids is 1. The molecule has 6 heteroatoms. The van der Waals surface area contributed by atoms with E-state index in [2.05, 4.69) is 6.55 Å². The van der Waals surface area contributed by atoms with Crippen molar-refractivity contribution in [2.45, 2.75) is 39.3 Å². The van der Waals surface area contributed by atoms with Crippen molar-refractivity contribution in [2.24, 2.45) is 0 Å². The molecule has 0 aliphatic heterocycles. The van der Waals surface area contributed by atoms with E-state index in [1.54, 1.807) is 0 Å². The minimum atomic E-state index is -2.00. The third-order valence-corrected chi connectivity index (χ3v) is 5.84. The first kappa shape index (κ1) is 17.6. The van der Waals surface area contributed by atoms with Gasteiger partial charge >= 0.3 is 14.5 Å². The first-order valence-electron chi connectivity index (χ1n) is 6.61. The van der Waals surface area contributed by atoms with Crippen LogP contribution in [-0.2, 0) is 13.6 Å². The quantitative estimate of drug-likeness (QED) is 0.585. The Labute approximate surface area is 111 Å². The number of nitrogens with zero attached hydrogens (tertiary/aromatic N) is 1. The molecular weight excluding hydrogens is 250 g/mol. The fourth-order valence-electron chi connectivity index (χ4n) is 1.87. The van der Waals surface area contributed by atoms with Crippen LogP contribution in [-0.4, -0.2) is 57.9 Å². The monoisotopic (exact) mass is 277 g/mol.